The first-order valence-electron chi connectivity index (χ1n) is 11.9. The van der Waals surface area contributed by atoms with Gasteiger partial charge in [-0.3, -0.25) is 9.78 Å². The number of alkyl halides is 4. The van der Waals surface area contributed by atoms with Gasteiger partial charge in [0, 0.05) is 23.6 Å². The van der Waals surface area contributed by atoms with E-state index < -0.39 is 38.0 Å². The molecule has 1 aliphatic heterocycles. The number of methoxy groups -OCH3 is 1. The van der Waals surface area contributed by atoms with Crippen molar-refractivity contribution in [1.29, 1.82) is 0 Å². The highest BCUT2D eigenvalue weighted by Gasteiger charge is 2.35. The van der Waals surface area contributed by atoms with Crippen LogP contribution in [0.25, 0.3) is 22.2 Å². The first kappa shape index (κ1) is 28.5. The van der Waals surface area contributed by atoms with Crippen LogP contribution in [-0.4, -0.2) is 48.5 Å². The lowest BCUT2D eigenvalue weighted by molar-refractivity contribution is -0.141. The van der Waals surface area contributed by atoms with E-state index >= 15 is 0 Å². The molecule has 0 radical (unpaired) electrons. The summed E-state index contributed by atoms with van der Waals surface area (Å²) < 4.78 is 88.9. The largest absolute Gasteiger partial charge is 0.490 e. The second-order valence-electron chi connectivity index (χ2n) is 8.88. The van der Waals surface area contributed by atoms with E-state index in [2.05, 4.69) is 20.3 Å². The van der Waals surface area contributed by atoms with E-state index in [0.717, 1.165) is 12.1 Å². The van der Waals surface area contributed by atoms with E-state index in [-0.39, 0.29) is 47.4 Å². The van der Waals surface area contributed by atoms with Gasteiger partial charge in [-0.2, -0.15) is 13.2 Å². The van der Waals surface area contributed by atoms with Crippen LogP contribution in [0.1, 0.15) is 28.2 Å². The number of pyridine rings is 3. The van der Waals surface area contributed by atoms with Crippen LogP contribution in [0.15, 0.2) is 53.6 Å². The molecule has 3 aromatic heterocycles. The fourth-order valence-electron chi connectivity index (χ4n) is 4.12. The van der Waals surface area contributed by atoms with Gasteiger partial charge in [-0.25, -0.2) is 22.8 Å². The van der Waals surface area contributed by atoms with E-state index in [1.807, 2.05) is 0 Å². The Labute approximate surface area is 235 Å². The summed E-state index contributed by atoms with van der Waals surface area (Å²) in [5.74, 6) is -1.16. The van der Waals surface area contributed by atoms with E-state index in [4.69, 9.17) is 21.1 Å². The van der Waals surface area contributed by atoms with Crippen molar-refractivity contribution in [3.63, 3.8) is 0 Å². The smallest absolute Gasteiger partial charge is 0.433 e. The van der Waals surface area contributed by atoms with Gasteiger partial charge in [-0.15, -0.1) is 0 Å². The fraction of sp³-hybridized carbons (Fsp3) is 0.231. The average Bonchev–Trinajstić information content (AvgIpc) is 3.05. The second kappa shape index (κ2) is 10.7. The monoisotopic (exact) mass is 610 g/mol. The number of carbonyl (C=O) groups is 1. The summed E-state index contributed by atoms with van der Waals surface area (Å²) in [4.78, 5) is 24.7. The molecule has 1 atom stereocenters. The highest BCUT2D eigenvalue weighted by atomic mass is 35.5. The molecule has 1 N–H and O–H groups in total. The Balaban J connectivity index is 1.39. The van der Waals surface area contributed by atoms with E-state index in [0.29, 0.717) is 22.3 Å². The Hall–Kier alpha value is -4.04. The Morgan fingerprint density at radius 2 is 1.95 bits per heavy atom. The molecule has 41 heavy (non-hydrogen) atoms. The number of ether oxygens (including phenoxy) is 2. The van der Waals surface area contributed by atoms with Gasteiger partial charge in [0.2, 0.25) is 21.2 Å². The van der Waals surface area contributed by atoms with Gasteiger partial charge < -0.3 is 14.8 Å². The fourth-order valence-corrected chi connectivity index (χ4v) is 5.85. The zero-order valence-corrected chi connectivity index (χ0v) is 22.6. The molecule has 214 valence electrons. The number of hydrogen-bond donors (Lipinski definition) is 1. The Kier molecular flexibility index (Phi) is 7.46. The van der Waals surface area contributed by atoms with Gasteiger partial charge in [0.05, 0.1) is 47.8 Å². The summed E-state index contributed by atoms with van der Waals surface area (Å²) >= 11 is 6.16. The molecule has 0 saturated heterocycles. The van der Waals surface area contributed by atoms with Crippen molar-refractivity contribution in [3.05, 3.63) is 70.6 Å². The Morgan fingerprint density at radius 1 is 1.17 bits per heavy atom. The number of fused-ring (bicyclic) bond motifs is 2. The van der Waals surface area contributed by atoms with Crippen LogP contribution in [0.5, 0.6) is 11.6 Å². The molecular weight excluding hydrogens is 592 g/mol. The van der Waals surface area contributed by atoms with Crippen LogP contribution in [0, 0.1) is 0 Å². The lowest BCUT2D eigenvalue weighted by atomic mass is 10.1. The van der Waals surface area contributed by atoms with E-state index in [9.17, 15) is 30.8 Å². The molecule has 1 aliphatic rings. The van der Waals surface area contributed by atoms with Crippen molar-refractivity contribution >= 4 is 38.2 Å². The number of nitrogens with zero attached hydrogens (tertiary/aromatic N) is 3. The van der Waals surface area contributed by atoms with E-state index in [1.54, 1.807) is 18.2 Å². The molecule has 9 nitrogen and oxygen atoms in total. The average molecular weight is 611 g/mol. The standard InChI is InChI=1S/C26H19ClF4N4O5S/c1-39-25-16(3-5-21(35-25)26(29,30)31)18-4-2-13-11-32-15(10-19(13)34-18)12-33-24(36)14-8-17(27)23-20(9-14)41(37,38)22(28)6-7-40-23/h2-5,8-11,22H,6-7,12H2,1H3,(H,33,36)/t22-/m1/s1. The summed E-state index contributed by atoms with van der Waals surface area (Å²) in [5.41, 5.74) is -2.10. The lowest BCUT2D eigenvalue weighted by Gasteiger charge is -2.13. The zero-order chi connectivity index (χ0) is 29.5. The number of hydrogen-bond acceptors (Lipinski definition) is 8. The number of sulfone groups is 1. The van der Waals surface area contributed by atoms with Crippen LogP contribution in [0.3, 0.4) is 0 Å². The SMILES string of the molecule is COc1nc(C(F)(F)F)ccc1-c1ccc2cnc(CNC(=O)c3cc(Cl)c4c(c3)S(=O)(=O)[C@@H](F)CCO4)cc2n1. The van der Waals surface area contributed by atoms with Gasteiger partial charge in [-0.1, -0.05) is 11.6 Å². The molecule has 0 fully saturated rings. The predicted octanol–water partition coefficient (Wildman–Crippen LogP) is 5.15. The van der Waals surface area contributed by atoms with Crippen molar-refractivity contribution in [1.82, 2.24) is 20.3 Å². The molecule has 0 bridgehead atoms. The minimum atomic E-state index is -4.64. The predicted molar refractivity (Wildman–Crippen MR) is 139 cm³/mol. The van der Waals surface area contributed by atoms with Gasteiger partial charge in [0.15, 0.2) is 5.75 Å². The normalized spacial score (nSPS) is 16.4. The third-order valence-electron chi connectivity index (χ3n) is 6.19. The van der Waals surface area contributed by atoms with Crippen molar-refractivity contribution in [3.8, 4) is 22.9 Å². The van der Waals surface area contributed by atoms with Crippen LogP contribution in [0.2, 0.25) is 5.02 Å². The summed E-state index contributed by atoms with van der Waals surface area (Å²) in [7, 11) is -3.21. The topological polar surface area (TPSA) is 120 Å². The van der Waals surface area contributed by atoms with Crippen LogP contribution in [-0.2, 0) is 22.6 Å². The van der Waals surface area contributed by atoms with E-state index in [1.165, 1.54) is 25.4 Å². The molecule has 0 saturated carbocycles. The molecule has 1 aromatic carbocycles. The Bertz CT molecular complexity index is 1790. The summed E-state index contributed by atoms with van der Waals surface area (Å²) in [5, 5.41) is 3.06. The van der Waals surface area contributed by atoms with Gasteiger partial charge in [-0.05, 0) is 42.5 Å². The maximum atomic E-state index is 14.2. The first-order chi connectivity index (χ1) is 19.4. The van der Waals surface area contributed by atoms with Gasteiger partial charge in [0.1, 0.15) is 10.6 Å². The first-order valence-corrected chi connectivity index (χ1v) is 13.8. The zero-order valence-electron chi connectivity index (χ0n) is 21.0. The number of aromatic nitrogens is 3. The van der Waals surface area contributed by atoms with Crippen LogP contribution < -0.4 is 14.8 Å². The van der Waals surface area contributed by atoms with Gasteiger partial charge >= 0.3 is 6.18 Å². The third-order valence-corrected chi connectivity index (χ3v) is 8.29. The molecule has 0 spiro atoms. The molecular formula is C26H19ClF4N4O5S. The highest BCUT2D eigenvalue weighted by Crippen LogP contribution is 2.39. The quantitative estimate of drug-likeness (QED) is 0.308. The molecule has 15 heteroatoms. The second-order valence-corrected chi connectivity index (χ2v) is 11.3. The molecule has 0 unspecified atom stereocenters. The maximum absolute atomic E-state index is 14.2. The van der Waals surface area contributed by atoms with Crippen LogP contribution >= 0.6 is 11.6 Å². The van der Waals surface area contributed by atoms with Crippen molar-refractivity contribution in [2.45, 2.75) is 29.5 Å². The number of carbonyl (C=O) groups excluding carboxylic acids is 1. The third kappa shape index (κ3) is 5.61. The van der Waals surface area contributed by atoms with Gasteiger partial charge in [0.25, 0.3) is 5.91 Å². The minimum absolute atomic E-state index is 0.102. The number of nitrogens with one attached hydrogen (secondary N) is 1. The molecule has 5 rings (SSSR count). The number of halogens is 5. The number of rotatable bonds is 5. The van der Waals surface area contributed by atoms with Crippen LogP contribution in [0.4, 0.5) is 17.6 Å². The van der Waals surface area contributed by atoms with Crippen molar-refractivity contribution in [2.24, 2.45) is 0 Å². The number of amides is 1. The molecule has 4 heterocycles. The molecule has 0 aliphatic carbocycles. The molecule has 1 amide bonds. The van der Waals surface area contributed by atoms with Crippen molar-refractivity contribution in [2.75, 3.05) is 13.7 Å². The summed E-state index contributed by atoms with van der Waals surface area (Å²) in [6, 6.07) is 9.10. The Morgan fingerprint density at radius 3 is 2.68 bits per heavy atom. The van der Waals surface area contributed by atoms with Crippen molar-refractivity contribution < 1.29 is 40.2 Å². The lowest BCUT2D eigenvalue weighted by Crippen LogP contribution is -2.24. The molecule has 4 aromatic rings. The summed E-state index contributed by atoms with van der Waals surface area (Å²) in [6.45, 7) is -0.292. The highest BCUT2D eigenvalue weighted by molar-refractivity contribution is 7.92. The minimum Gasteiger partial charge on any atom is -0.490 e. The maximum Gasteiger partial charge on any atom is 0.433 e. The number of benzene rings is 1. The summed E-state index contributed by atoms with van der Waals surface area (Å²) in [6.07, 6.45) is -3.52.